The first kappa shape index (κ1) is 12.8. The highest BCUT2D eigenvalue weighted by atomic mass is 35.5. The highest BCUT2D eigenvalue weighted by Gasteiger charge is 2.15. The van der Waals surface area contributed by atoms with Crippen molar-refractivity contribution in [1.82, 2.24) is 9.36 Å². The molecule has 2 rings (SSSR count). The van der Waals surface area contributed by atoms with E-state index in [1.54, 1.807) is 16.8 Å². The van der Waals surface area contributed by atoms with Crippen LogP contribution in [0.25, 0.3) is 5.69 Å². The topological polar surface area (TPSA) is 52.9 Å². The van der Waals surface area contributed by atoms with Gasteiger partial charge in [0, 0.05) is 11.6 Å². The summed E-state index contributed by atoms with van der Waals surface area (Å²) in [6.45, 7) is 4.65. The predicted molar refractivity (Wildman–Crippen MR) is 74.5 cm³/mol. The molecule has 2 aromatic rings. The zero-order valence-electron chi connectivity index (χ0n) is 10.5. The smallest absolute Gasteiger partial charge is 0.294 e. The lowest BCUT2D eigenvalue weighted by molar-refractivity contribution is 0.523. The Morgan fingerprint density at radius 1 is 1.39 bits per heavy atom. The molecule has 5 heteroatoms. The molecule has 1 aromatic heterocycles. The first-order valence-electron chi connectivity index (χ1n) is 5.90. The van der Waals surface area contributed by atoms with Gasteiger partial charge in [0.2, 0.25) is 0 Å². The van der Waals surface area contributed by atoms with Crippen molar-refractivity contribution >= 4 is 17.3 Å². The maximum Gasteiger partial charge on any atom is 0.294 e. The molecule has 4 nitrogen and oxygen atoms in total. The van der Waals surface area contributed by atoms with Crippen molar-refractivity contribution in [2.24, 2.45) is 0 Å². The van der Waals surface area contributed by atoms with Crippen LogP contribution in [0.1, 0.15) is 19.0 Å². The molecule has 0 aliphatic heterocycles. The number of halogens is 1. The standard InChI is InChI=1S/C13H16ClN3O/c1-3-7-16-9(2)12(15)13(18)17(16)11-6-4-5-10(14)8-11/h4-6,8H,3,7,15H2,1-2H3. The van der Waals surface area contributed by atoms with Gasteiger partial charge in [-0.15, -0.1) is 0 Å². The fraction of sp³-hybridized carbons (Fsp3) is 0.308. The van der Waals surface area contributed by atoms with Gasteiger partial charge in [0.05, 0.1) is 11.4 Å². The van der Waals surface area contributed by atoms with E-state index in [1.807, 2.05) is 23.7 Å². The zero-order valence-corrected chi connectivity index (χ0v) is 11.2. The van der Waals surface area contributed by atoms with Gasteiger partial charge < -0.3 is 5.73 Å². The van der Waals surface area contributed by atoms with Crippen molar-refractivity contribution in [1.29, 1.82) is 0 Å². The second kappa shape index (κ2) is 4.90. The van der Waals surface area contributed by atoms with Gasteiger partial charge in [0.1, 0.15) is 5.69 Å². The lowest BCUT2D eigenvalue weighted by Crippen LogP contribution is -2.22. The highest BCUT2D eigenvalue weighted by Crippen LogP contribution is 2.17. The van der Waals surface area contributed by atoms with E-state index >= 15 is 0 Å². The van der Waals surface area contributed by atoms with Crippen molar-refractivity contribution in [2.45, 2.75) is 26.8 Å². The largest absolute Gasteiger partial charge is 0.393 e. The number of nitrogens with two attached hydrogens (primary N) is 1. The SMILES string of the molecule is CCCn1c(C)c(N)c(=O)n1-c1cccc(Cl)c1. The Balaban J connectivity index is 2.70. The van der Waals surface area contributed by atoms with Crippen LogP contribution in [0.4, 0.5) is 5.69 Å². The summed E-state index contributed by atoms with van der Waals surface area (Å²) in [5, 5.41) is 0.597. The molecule has 1 heterocycles. The molecular formula is C13H16ClN3O. The molecule has 18 heavy (non-hydrogen) atoms. The Kier molecular flexibility index (Phi) is 3.48. The van der Waals surface area contributed by atoms with Gasteiger partial charge >= 0.3 is 0 Å². The van der Waals surface area contributed by atoms with Crippen molar-refractivity contribution < 1.29 is 0 Å². The second-order valence-corrected chi connectivity index (χ2v) is 4.66. The van der Waals surface area contributed by atoms with E-state index in [9.17, 15) is 4.79 Å². The maximum absolute atomic E-state index is 12.2. The molecule has 0 bridgehead atoms. The fourth-order valence-electron chi connectivity index (χ4n) is 2.01. The molecule has 0 aliphatic carbocycles. The molecule has 0 atom stereocenters. The Morgan fingerprint density at radius 3 is 2.72 bits per heavy atom. The number of benzene rings is 1. The summed E-state index contributed by atoms with van der Waals surface area (Å²) in [5.74, 6) is 0. The van der Waals surface area contributed by atoms with E-state index in [2.05, 4.69) is 6.92 Å². The second-order valence-electron chi connectivity index (χ2n) is 4.22. The van der Waals surface area contributed by atoms with Crippen LogP contribution < -0.4 is 11.3 Å². The lowest BCUT2D eigenvalue weighted by atomic mass is 10.3. The Morgan fingerprint density at radius 2 is 2.11 bits per heavy atom. The van der Waals surface area contributed by atoms with Crippen LogP contribution in [0.15, 0.2) is 29.1 Å². The molecular weight excluding hydrogens is 250 g/mol. The van der Waals surface area contributed by atoms with Gasteiger partial charge in [-0.3, -0.25) is 9.48 Å². The van der Waals surface area contributed by atoms with E-state index in [0.717, 1.165) is 24.3 Å². The monoisotopic (exact) mass is 265 g/mol. The van der Waals surface area contributed by atoms with Gasteiger partial charge in [0.15, 0.2) is 0 Å². The summed E-state index contributed by atoms with van der Waals surface area (Å²) in [6, 6.07) is 7.20. The van der Waals surface area contributed by atoms with Gasteiger partial charge in [-0.05, 0) is 31.5 Å². The highest BCUT2D eigenvalue weighted by molar-refractivity contribution is 6.30. The van der Waals surface area contributed by atoms with Crippen LogP contribution in [0.3, 0.4) is 0 Å². The molecule has 0 unspecified atom stereocenters. The van der Waals surface area contributed by atoms with Gasteiger partial charge in [0.25, 0.3) is 5.56 Å². The van der Waals surface area contributed by atoms with E-state index in [1.165, 1.54) is 0 Å². The first-order chi connectivity index (χ1) is 8.56. The first-order valence-corrected chi connectivity index (χ1v) is 6.28. The van der Waals surface area contributed by atoms with Crippen LogP contribution in [0.2, 0.25) is 5.02 Å². The average Bonchev–Trinajstić information content (AvgIpc) is 2.55. The number of anilines is 1. The maximum atomic E-state index is 12.2. The molecule has 0 spiro atoms. The summed E-state index contributed by atoms with van der Waals surface area (Å²) in [6.07, 6.45) is 0.926. The van der Waals surface area contributed by atoms with E-state index in [0.29, 0.717) is 10.7 Å². The van der Waals surface area contributed by atoms with Crippen LogP contribution in [-0.4, -0.2) is 9.36 Å². The van der Waals surface area contributed by atoms with E-state index in [4.69, 9.17) is 17.3 Å². The third-order valence-electron chi connectivity index (χ3n) is 2.93. The predicted octanol–water partition coefficient (Wildman–Crippen LogP) is 2.59. The summed E-state index contributed by atoms with van der Waals surface area (Å²) >= 11 is 5.97. The number of rotatable bonds is 3. The fourth-order valence-corrected chi connectivity index (χ4v) is 2.20. The summed E-state index contributed by atoms with van der Waals surface area (Å²) in [4.78, 5) is 12.2. The Bertz CT molecular complexity index is 628. The Hall–Kier alpha value is -1.68. The third kappa shape index (κ3) is 2.04. The van der Waals surface area contributed by atoms with Crippen molar-refractivity contribution in [3.8, 4) is 5.69 Å². The van der Waals surface area contributed by atoms with Gasteiger partial charge in [-0.1, -0.05) is 24.6 Å². The molecule has 0 amide bonds. The number of aromatic nitrogens is 2. The normalized spacial score (nSPS) is 10.8. The number of hydrogen-bond acceptors (Lipinski definition) is 2. The minimum absolute atomic E-state index is 0.191. The number of hydrogen-bond donors (Lipinski definition) is 1. The zero-order chi connectivity index (χ0) is 13.3. The van der Waals surface area contributed by atoms with Crippen molar-refractivity contribution in [2.75, 3.05) is 5.73 Å². The number of nitrogen functional groups attached to an aromatic ring is 1. The average molecular weight is 266 g/mol. The molecule has 0 aliphatic rings. The van der Waals surface area contributed by atoms with Crippen LogP contribution >= 0.6 is 11.6 Å². The van der Waals surface area contributed by atoms with Crippen LogP contribution in [-0.2, 0) is 6.54 Å². The molecule has 0 radical (unpaired) electrons. The van der Waals surface area contributed by atoms with E-state index in [-0.39, 0.29) is 5.56 Å². The minimum atomic E-state index is -0.191. The van der Waals surface area contributed by atoms with Crippen LogP contribution in [0, 0.1) is 6.92 Å². The van der Waals surface area contributed by atoms with Crippen molar-refractivity contribution in [3.63, 3.8) is 0 Å². The van der Waals surface area contributed by atoms with E-state index < -0.39 is 0 Å². The Labute approximate surface area is 111 Å². The summed E-state index contributed by atoms with van der Waals surface area (Å²) in [7, 11) is 0. The minimum Gasteiger partial charge on any atom is -0.393 e. The molecule has 0 saturated heterocycles. The summed E-state index contributed by atoms with van der Waals surface area (Å²) in [5.41, 5.74) is 7.46. The summed E-state index contributed by atoms with van der Waals surface area (Å²) < 4.78 is 3.48. The van der Waals surface area contributed by atoms with Gasteiger partial charge in [-0.25, -0.2) is 4.68 Å². The van der Waals surface area contributed by atoms with Crippen molar-refractivity contribution in [3.05, 3.63) is 45.3 Å². The molecule has 0 fully saturated rings. The van der Waals surface area contributed by atoms with Gasteiger partial charge in [-0.2, -0.15) is 0 Å². The molecule has 2 N–H and O–H groups in total. The van der Waals surface area contributed by atoms with Crippen LogP contribution in [0.5, 0.6) is 0 Å². The molecule has 96 valence electrons. The lowest BCUT2D eigenvalue weighted by Gasteiger charge is -2.12. The molecule has 1 aromatic carbocycles. The third-order valence-corrected chi connectivity index (χ3v) is 3.16. The molecule has 0 saturated carbocycles. The number of nitrogens with zero attached hydrogens (tertiary/aromatic N) is 2. The quantitative estimate of drug-likeness (QED) is 0.927.